The first-order valence-electron chi connectivity index (χ1n) is 6.00. The van der Waals surface area contributed by atoms with E-state index in [1.54, 1.807) is 13.0 Å². The molecule has 0 atom stereocenters. The van der Waals surface area contributed by atoms with Crippen LogP contribution in [0.4, 0.5) is 0 Å². The average Bonchev–Trinajstić information content (AvgIpc) is 2.35. The van der Waals surface area contributed by atoms with Gasteiger partial charge in [0, 0.05) is 12.2 Å². The Bertz CT molecular complexity index is 447. The Balaban J connectivity index is 2.84. The Labute approximate surface area is 108 Å². The van der Waals surface area contributed by atoms with Crippen molar-refractivity contribution in [1.82, 2.24) is 0 Å². The predicted molar refractivity (Wildman–Crippen MR) is 71.4 cm³/mol. The van der Waals surface area contributed by atoms with Crippen LogP contribution in [0.2, 0.25) is 0 Å². The zero-order chi connectivity index (χ0) is 13.5. The monoisotopic (exact) mass is 247 g/mol. The number of carboxylic acid groups (broad SMARTS) is 1. The second-order valence-electron chi connectivity index (χ2n) is 4.28. The van der Waals surface area contributed by atoms with Crippen molar-refractivity contribution in [3.05, 3.63) is 53.5 Å². The summed E-state index contributed by atoms with van der Waals surface area (Å²) in [6.45, 7) is 5.79. The first kappa shape index (κ1) is 14.5. The van der Waals surface area contributed by atoms with Gasteiger partial charge in [-0.2, -0.15) is 0 Å². The zero-order valence-corrected chi connectivity index (χ0v) is 10.6. The van der Waals surface area contributed by atoms with E-state index in [0.717, 1.165) is 29.5 Å². The SMILES string of the molecule is [CH2]c1c(CC=C(C)C(=O)O)cccc1CCCO. The molecule has 0 amide bonds. The summed E-state index contributed by atoms with van der Waals surface area (Å²) in [7, 11) is 0. The Morgan fingerprint density at radius 2 is 2.06 bits per heavy atom. The highest BCUT2D eigenvalue weighted by atomic mass is 16.4. The van der Waals surface area contributed by atoms with Gasteiger partial charge in [0.1, 0.15) is 0 Å². The standard InChI is InChI=1S/C15H19O3/c1-11(15(17)18)8-9-14-6-3-5-13(12(14)2)7-4-10-16/h3,5-6,8,16H,2,4,7,9-10H2,1H3,(H,17,18). The fourth-order valence-electron chi connectivity index (χ4n) is 1.73. The minimum absolute atomic E-state index is 0.168. The van der Waals surface area contributed by atoms with Crippen LogP contribution in [-0.2, 0) is 17.6 Å². The zero-order valence-electron chi connectivity index (χ0n) is 10.6. The lowest BCUT2D eigenvalue weighted by Crippen LogP contribution is -1.99. The molecule has 0 saturated carbocycles. The van der Waals surface area contributed by atoms with Crippen LogP contribution in [0.5, 0.6) is 0 Å². The maximum Gasteiger partial charge on any atom is 0.330 e. The minimum Gasteiger partial charge on any atom is -0.478 e. The van der Waals surface area contributed by atoms with Crippen molar-refractivity contribution >= 4 is 5.97 Å². The van der Waals surface area contributed by atoms with Crippen LogP contribution < -0.4 is 0 Å². The van der Waals surface area contributed by atoms with E-state index in [1.165, 1.54) is 0 Å². The van der Waals surface area contributed by atoms with Crippen LogP contribution in [-0.4, -0.2) is 22.8 Å². The van der Waals surface area contributed by atoms with Gasteiger partial charge >= 0.3 is 5.97 Å². The van der Waals surface area contributed by atoms with Crippen molar-refractivity contribution in [2.24, 2.45) is 0 Å². The number of carbonyl (C=O) groups is 1. The van der Waals surface area contributed by atoms with Crippen molar-refractivity contribution in [2.75, 3.05) is 6.61 Å². The van der Waals surface area contributed by atoms with Gasteiger partial charge in [0.25, 0.3) is 0 Å². The molecular weight excluding hydrogens is 228 g/mol. The molecule has 1 rings (SSSR count). The molecule has 1 radical (unpaired) electrons. The quantitative estimate of drug-likeness (QED) is 0.759. The lowest BCUT2D eigenvalue weighted by atomic mass is 9.96. The highest BCUT2D eigenvalue weighted by Crippen LogP contribution is 2.17. The summed E-state index contributed by atoms with van der Waals surface area (Å²) in [6, 6.07) is 5.90. The van der Waals surface area contributed by atoms with E-state index in [1.807, 2.05) is 18.2 Å². The molecule has 0 aliphatic rings. The third-order valence-electron chi connectivity index (χ3n) is 2.94. The highest BCUT2D eigenvalue weighted by molar-refractivity contribution is 5.85. The molecule has 3 heteroatoms. The molecule has 0 unspecified atom stereocenters. The fourth-order valence-corrected chi connectivity index (χ4v) is 1.73. The lowest BCUT2D eigenvalue weighted by Gasteiger charge is -2.09. The molecular formula is C15H19O3. The van der Waals surface area contributed by atoms with Gasteiger partial charge in [0.15, 0.2) is 0 Å². The largest absolute Gasteiger partial charge is 0.478 e. The number of benzene rings is 1. The van der Waals surface area contributed by atoms with Crippen LogP contribution >= 0.6 is 0 Å². The Morgan fingerprint density at radius 1 is 1.39 bits per heavy atom. The van der Waals surface area contributed by atoms with Gasteiger partial charge in [-0.3, -0.25) is 0 Å². The molecule has 0 saturated heterocycles. The van der Waals surface area contributed by atoms with Gasteiger partial charge in [0.05, 0.1) is 0 Å². The van der Waals surface area contributed by atoms with Crippen molar-refractivity contribution in [3.63, 3.8) is 0 Å². The molecule has 18 heavy (non-hydrogen) atoms. The first-order valence-corrected chi connectivity index (χ1v) is 6.00. The maximum absolute atomic E-state index is 10.7. The molecule has 1 aromatic rings. The van der Waals surface area contributed by atoms with Crippen LogP contribution in [0.1, 0.15) is 30.0 Å². The fraction of sp³-hybridized carbons (Fsp3) is 0.333. The topological polar surface area (TPSA) is 57.5 Å². The molecule has 3 nitrogen and oxygen atoms in total. The third-order valence-corrected chi connectivity index (χ3v) is 2.94. The molecule has 0 bridgehead atoms. The van der Waals surface area contributed by atoms with Crippen molar-refractivity contribution < 1.29 is 15.0 Å². The normalized spacial score (nSPS) is 11.6. The number of hydrogen-bond acceptors (Lipinski definition) is 2. The Hall–Kier alpha value is -1.61. The number of aliphatic hydroxyl groups is 1. The molecule has 0 heterocycles. The number of carboxylic acids is 1. The average molecular weight is 247 g/mol. The van der Waals surface area contributed by atoms with Crippen LogP contribution in [0, 0.1) is 6.92 Å². The van der Waals surface area contributed by atoms with Crippen molar-refractivity contribution in [2.45, 2.75) is 26.2 Å². The van der Waals surface area contributed by atoms with Gasteiger partial charge in [-0.1, -0.05) is 24.3 Å². The summed E-state index contributed by atoms with van der Waals surface area (Å²) in [6.07, 6.45) is 3.78. The first-order chi connectivity index (χ1) is 8.56. The van der Waals surface area contributed by atoms with Gasteiger partial charge in [0.2, 0.25) is 0 Å². The van der Waals surface area contributed by atoms with Crippen LogP contribution in [0.25, 0.3) is 0 Å². The van der Waals surface area contributed by atoms with Gasteiger partial charge in [-0.15, -0.1) is 0 Å². The predicted octanol–water partition coefficient (Wildman–Crippen LogP) is 2.37. The van der Waals surface area contributed by atoms with Gasteiger partial charge in [-0.25, -0.2) is 4.79 Å². The smallest absolute Gasteiger partial charge is 0.330 e. The van der Waals surface area contributed by atoms with Crippen LogP contribution in [0.3, 0.4) is 0 Å². The summed E-state index contributed by atoms with van der Waals surface area (Å²) >= 11 is 0. The van der Waals surface area contributed by atoms with Crippen molar-refractivity contribution in [1.29, 1.82) is 0 Å². The molecule has 0 aliphatic heterocycles. The molecule has 0 aromatic heterocycles. The summed E-state index contributed by atoms with van der Waals surface area (Å²) in [4.78, 5) is 10.7. The molecule has 0 fully saturated rings. The number of aryl methyl sites for hydroxylation is 1. The van der Waals surface area contributed by atoms with E-state index in [-0.39, 0.29) is 6.61 Å². The number of rotatable bonds is 6. The number of aliphatic carboxylic acids is 1. The van der Waals surface area contributed by atoms with Gasteiger partial charge in [-0.05, 0) is 49.8 Å². The van der Waals surface area contributed by atoms with Crippen LogP contribution in [0.15, 0.2) is 29.8 Å². The van der Waals surface area contributed by atoms with E-state index in [4.69, 9.17) is 10.2 Å². The second-order valence-corrected chi connectivity index (χ2v) is 4.28. The summed E-state index contributed by atoms with van der Waals surface area (Å²) in [5.74, 6) is -0.892. The van der Waals surface area contributed by atoms with Crippen molar-refractivity contribution in [3.8, 4) is 0 Å². The highest BCUT2D eigenvalue weighted by Gasteiger charge is 2.04. The third kappa shape index (κ3) is 4.00. The molecule has 1 aromatic carbocycles. The Morgan fingerprint density at radius 3 is 2.67 bits per heavy atom. The summed E-state index contributed by atoms with van der Waals surface area (Å²) in [5, 5.41) is 17.6. The maximum atomic E-state index is 10.7. The van der Waals surface area contributed by atoms with E-state index in [0.29, 0.717) is 12.0 Å². The molecule has 0 spiro atoms. The van der Waals surface area contributed by atoms with E-state index >= 15 is 0 Å². The lowest BCUT2D eigenvalue weighted by molar-refractivity contribution is -0.132. The number of allylic oxidation sites excluding steroid dienone is 1. The number of aliphatic hydroxyl groups excluding tert-OH is 1. The number of hydrogen-bond donors (Lipinski definition) is 2. The molecule has 0 aliphatic carbocycles. The Kier molecular flexibility index (Phi) is 5.59. The molecule has 97 valence electrons. The minimum atomic E-state index is -0.892. The van der Waals surface area contributed by atoms with Gasteiger partial charge < -0.3 is 10.2 Å². The van der Waals surface area contributed by atoms with E-state index in [9.17, 15) is 4.79 Å². The second kappa shape index (κ2) is 6.97. The molecule has 2 N–H and O–H groups in total. The van der Waals surface area contributed by atoms with E-state index in [2.05, 4.69) is 6.92 Å². The summed E-state index contributed by atoms with van der Waals surface area (Å²) < 4.78 is 0. The summed E-state index contributed by atoms with van der Waals surface area (Å²) in [5.41, 5.74) is 3.43. The van der Waals surface area contributed by atoms with E-state index < -0.39 is 5.97 Å².